The van der Waals surface area contributed by atoms with Gasteiger partial charge in [0.1, 0.15) is 0 Å². The summed E-state index contributed by atoms with van der Waals surface area (Å²) in [5.41, 5.74) is 6.97. The highest BCUT2D eigenvalue weighted by Crippen LogP contribution is 2.26. The number of para-hydroxylation sites is 2. The van der Waals surface area contributed by atoms with Crippen LogP contribution in [0.15, 0.2) is 54.7 Å². The van der Waals surface area contributed by atoms with Gasteiger partial charge in [-0.05, 0) is 29.8 Å². The van der Waals surface area contributed by atoms with Gasteiger partial charge in [-0.25, -0.2) is 17.8 Å². The molecule has 1 aromatic heterocycles. The highest BCUT2D eigenvalue weighted by molar-refractivity contribution is 7.92. The van der Waals surface area contributed by atoms with Crippen molar-refractivity contribution in [2.75, 3.05) is 21.6 Å². The molecule has 3 rings (SSSR count). The van der Waals surface area contributed by atoms with Crippen LogP contribution in [0.3, 0.4) is 0 Å². The molecule has 0 unspecified atom stereocenters. The van der Waals surface area contributed by atoms with Gasteiger partial charge in [0.2, 0.25) is 21.9 Å². The molecule has 156 valence electrons. The number of amides is 1. The summed E-state index contributed by atoms with van der Waals surface area (Å²) in [6.07, 6.45) is 2.01. The molecule has 9 nitrogen and oxygen atoms in total. The van der Waals surface area contributed by atoms with Gasteiger partial charge in [-0.1, -0.05) is 24.3 Å². The quantitative estimate of drug-likeness (QED) is 0.430. The molecule has 1 heterocycles. The third kappa shape index (κ3) is 5.64. The summed E-state index contributed by atoms with van der Waals surface area (Å²) in [4.78, 5) is 19.3. The molecule has 0 saturated heterocycles. The molecule has 0 aliphatic carbocycles. The van der Waals surface area contributed by atoms with E-state index in [1.54, 1.807) is 42.5 Å². The number of rotatable bonds is 8. The lowest BCUT2D eigenvalue weighted by atomic mass is 10.1. The summed E-state index contributed by atoms with van der Waals surface area (Å²) in [7, 11) is -3.52. The summed E-state index contributed by atoms with van der Waals surface area (Å²) in [5.74, 6) is -1.26. The number of halogens is 1. The van der Waals surface area contributed by atoms with Crippen molar-refractivity contribution in [1.82, 2.24) is 9.97 Å². The first-order chi connectivity index (χ1) is 14.2. The van der Waals surface area contributed by atoms with Crippen molar-refractivity contribution in [1.29, 1.82) is 0 Å². The van der Waals surface area contributed by atoms with Gasteiger partial charge in [-0.2, -0.15) is 4.98 Å². The predicted octanol–water partition coefficient (Wildman–Crippen LogP) is 2.44. The molecule has 0 radical (unpaired) electrons. The predicted molar refractivity (Wildman–Crippen MR) is 112 cm³/mol. The first-order valence-electron chi connectivity index (χ1n) is 8.70. The maximum Gasteiger partial charge on any atom is 0.248 e. The second kappa shape index (κ2) is 8.74. The number of benzene rings is 2. The van der Waals surface area contributed by atoms with Gasteiger partial charge in [0.25, 0.3) is 0 Å². The average Bonchev–Trinajstić information content (AvgIpc) is 2.69. The topological polar surface area (TPSA) is 139 Å². The number of carbonyl (C=O) groups is 1. The smallest absolute Gasteiger partial charge is 0.248 e. The zero-order valence-corrected chi connectivity index (χ0v) is 16.7. The molecule has 0 spiro atoms. The summed E-state index contributed by atoms with van der Waals surface area (Å²) < 4.78 is 39.6. The van der Waals surface area contributed by atoms with E-state index in [-0.39, 0.29) is 24.0 Å². The lowest BCUT2D eigenvalue weighted by molar-refractivity contribution is 0.1000. The van der Waals surface area contributed by atoms with E-state index < -0.39 is 21.7 Å². The Morgan fingerprint density at radius 2 is 1.87 bits per heavy atom. The van der Waals surface area contributed by atoms with Gasteiger partial charge in [0, 0.05) is 12.1 Å². The Bertz CT molecular complexity index is 1190. The summed E-state index contributed by atoms with van der Waals surface area (Å²) in [6, 6.07) is 13.1. The highest BCUT2D eigenvalue weighted by Gasteiger charge is 2.12. The fraction of sp³-hybridized carbons (Fsp3) is 0.105. The van der Waals surface area contributed by atoms with Crippen LogP contribution in [0.2, 0.25) is 0 Å². The highest BCUT2D eigenvalue weighted by atomic mass is 32.2. The summed E-state index contributed by atoms with van der Waals surface area (Å²) in [6.45, 7) is 0.276. The maximum atomic E-state index is 14.2. The van der Waals surface area contributed by atoms with Crippen LogP contribution in [0.1, 0.15) is 15.9 Å². The van der Waals surface area contributed by atoms with E-state index in [0.717, 1.165) is 18.0 Å². The second-order valence-corrected chi connectivity index (χ2v) is 8.10. The van der Waals surface area contributed by atoms with Crippen LogP contribution in [0.5, 0.6) is 0 Å². The Hall–Kier alpha value is -3.73. The van der Waals surface area contributed by atoms with Crippen LogP contribution in [-0.4, -0.2) is 30.5 Å². The number of primary amides is 1. The monoisotopic (exact) mass is 430 g/mol. The van der Waals surface area contributed by atoms with Crippen molar-refractivity contribution in [3.63, 3.8) is 0 Å². The van der Waals surface area contributed by atoms with Crippen LogP contribution in [0.25, 0.3) is 0 Å². The zero-order chi connectivity index (χ0) is 21.7. The molecule has 0 fully saturated rings. The van der Waals surface area contributed by atoms with Gasteiger partial charge in [-0.15, -0.1) is 0 Å². The van der Waals surface area contributed by atoms with Crippen LogP contribution >= 0.6 is 0 Å². The molecule has 30 heavy (non-hydrogen) atoms. The average molecular weight is 430 g/mol. The van der Waals surface area contributed by atoms with E-state index in [1.807, 2.05) is 0 Å². The fourth-order valence-corrected chi connectivity index (χ4v) is 3.14. The third-order valence-corrected chi connectivity index (χ3v) is 4.47. The maximum absolute atomic E-state index is 14.2. The van der Waals surface area contributed by atoms with E-state index in [1.165, 1.54) is 6.07 Å². The molecule has 0 atom stereocenters. The van der Waals surface area contributed by atoms with Gasteiger partial charge >= 0.3 is 0 Å². The summed E-state index contributed by atoms with van der Waals surface area (Å²) >= 11 is 0. The molecule has 0 aliphatic rings. The summed E-state index contributed by atoms with van der Waals surface area (Å²) in [5, 5.41) is 5.71. The van der Waals surface area contributed by atoms with Crippen molar-refractivity contribution < 1.29 is 17.6 Å². The van der Waals surface area contributed by atoms with Crippen molar-refractivity contribution >= 4 is 39.1 Å². The molecular formula is C19H19FN6O3S. The van der Waals surface area contributed by atoms with E-state index >= 15 is 0 Å². The number of hydrogen-bond acceptors (Lipinski definition) is 7. The molecule has 0 aliphatic heterocycles. The Morgan fingerprint density at radius 3 is 2.57 bits per heavy atom. The van der Waals surface area contributed by atoms with E-state index in [9.17, 15) is 17.6 Å². The Morgan fingerprint density at radius 1 is 1.13 bits per heavy atom. The van der Waals surface area contributed by atoms with Gasteiger partial charge in [0.15, 0.2) is 11.6 Å². The first-order valence-corrected chi connectivity index (χ1v) is 10.6. The molecule has 1 amide bonds. The zero-order valence-electron chi connectivity index (χ0n) is 15.9. The van der Waals surface area contributed by atoms with Crippen LogP contribution in [0, 0.1) is 5.82 Å². The number of hydrogen-bond donors (Lipinski definition) is 4. The molecule has 0 saturated carbocycles. The minimum atomic E-state index is -3.52. The molecule has 5 N–H and O–H groups in total. The Kier molecular flexibility index (Phi) is 6.11. The van der Waals surface area contributed by atoms with Gasteiger partial charge < -0.3 is 16.4 Å². The third-order valence-electron chi connectivity index (χ3n) is 3.88. The van der Waals surface area contributed by atoms with Crippen molar-refractivity contribution in [2.24, 2.45) is 5.73 Å². The lowest BCUT2D eigenvalue weighted by Gasteiger charge is -2.13. The lowest BCUT2D eigenvalue weighted by Crippen LogP contribution is -2.12. The van der Waals surface area contributed by atoms with Crippen molar-refractivity contribution in [3.8, 4) is 0 Å². The molecule has 11 heteroatoms. The van der Waals surface area contributed by atoms with Crippen molar-refractivity contribution in [3.05, 3.63) is 71.7 Å². The fourth-order valence-electron chi connectivity index (χ4n) is 2.56. The minimum absolute atomic E-state index is 0.136. The number of sulfonamides is 1. The van der Waals surface area contributed by atoms with E-state index in [2.05, 4.69) is 25.3 Å². The standard InChI is InChI=1S/C19H19FN6O3S/c1-30(28,29)26-16-8-3-2-7-15(16)24-18-14(20)11-23-19(25-18)22-10-12-5-4-6-13(9-12)17(21)27/h2-9,11,26H,10H2,1H3,(H2,21,27)(H2,22,23,24,25). The van der Waals surface area contributed by atoms with Gasteiger partial charge in [0.05, 0.1) is 23.8 Å². The molecule has 2 aromatic carbocycles. The van der Waals surface area contributed by atoms with Crippen LogP contribution in [0.4, 0.5) is 27.5 Å². The number of carbonyl (C=O) groups excluding carboxylic acids is 1. The largest absolute Gasteiger partial charge is 0.366 e. The molecular weight excluding hydrogens is 411 g/mol. The SMILES string of the molecule is CS(=O)(=O)Nc1ccccc1Nc1nc(NCc2cccc(C(N)=O)c2)ncc1F. The Labute approximate surface area is 172 Å². The Balaban J connectivity index is 1.78. The number of aromatic nitrogens is 2. The number of nitrogens with zero attached hydrogens (tertiary/aromatic N) is 2. The molecule has 3 aromatic rings. The number of nitrogens with one attached hydrogen (secondary N) is 3. The number of nitrogens with two attached hydrogens (primary N) is 1. The van der Waals surface area contributed by atoms with Crippen molar-refractivity contribution in [2.45, 2.75) is 6.54 Å². The van der Waals surface area contributed by atoms with Crippen LogP contribution < -0.4 is 21.1 Å². The van der Waals surface area contributed by atoms with E-state index in [4.69, 9.17) is 5.73 Å². The van der Waals surface area contributed by atoms with E-state index in [0.29, 0.717) is 11.3 Å². The van der Waals surface area contributed by atoms with Crippen LogP contribution in [-0.2, 0) is 16.6 Å². The molecule has 0 bridgehead atoms. The second-order valence-electron chi connectivity index (χ2n) is 6.35. The number of anilines is 4. The normalized spacial score (nSPS) is 11.0. The van der Waals surface area contributed by atoms with Gasteiger partial charge in [-0.3, -0.25) is 9.52 Å². The first kappa shape index (κ1) is 21.0. The minimum Gasteiger partial charge on any atom is -0.366 e.